The van der Waals surface area contributed by atoms with E-state index in [0.29, 0.717) is 5.92 Å². The molecule has 0 amide bonds. The van der Waals surface area contributed by atoms with Crippen molar-refractivity contribution in [1.29, 1.82) is 0 Å². The number of furan rings is 1. The molecule has 84 valence electrons. The third-order valence-electron chi connectivity index (χ3n) is 2.98. The van der Waals surface area contributed by atoms with Gasteiger partial charge in [0.25, 0.3) is 0 Å². The highest BCUT2D eigenvalue weighted by Crippen LogP contribution is 2.20. The quantitative estimate of drug-likeness (QED) is 0.851. The summed E-state index contributed by atoms with van der Waals surface area (Å²) in [5, 5.41) is 0. The third-order valence-corrected chi connectivity index (χ3v) is 2.98. The Morgan fingerprint density at radius 2 is 1.88 bits per heavy atom. The van der Waals surface area contributed by atoms with Crippen LogP contribution in [0.4, 0.5) is 0 Å². The zero-order valence-corrected chi connectivity index (χ0v) is 9.47. The van der Waals surface area contributed by atoms with E-state index in [2.05, 4.69) is 19.1 Å². The molecule has 0 bridgehead atoms. The van der Waals surface area contributed by atoms with Gasteiger partial charge < -0.3 is 10.2 Å². The Hall–Kier alpha value is -1.54. The van der Waals surface area contributed by atoms with Crippen molar-refractivity contribution in [1.82, 2.24) is 0 Å². The van der Waals surface area contributed by atoms with Gasteiger partial charge in [-0.15, -0.1) is 0 Å². The summed E-state index contributed by atoms with van der Waals surface area (Å²) in [4.78, 5) is 0. The van der Waals surface area contributed by atoms with Gasteiger partial charge in [0.05, 0.1) is 6.26 Å². The highest BCUT2D eigenvalue weighted by atomic mass is 16.3. The van der Waals surface area contributed by atoms with Crippen LogP contribution in [0, 0.1) is 0 Å². The highest BCUT2D eigenvalue weighted by Gasteiger charge is 2.15. The SMILES string of the molecule is CC(c1ccccc1)C(N)Cc1ccco1. The summed E-state index contributed by atoms with van der Waals surface area (Å²) in [6.07, 6.45) is 2.47. The molecule has 0 radical (unpaired) electrons. The first-order chi connectivity index (χ1) is 7.77. The maximum atomic E-state index is 6.18. The lowest BCUT2D eigenvalue weighted by atomic mass is 9.91. The molecule has 2 atom stereocenters. The Morgan fingerprint density at radius 1 is 1.12 bits per heavy atom. The van der Waals surface area contributed by atoms with E-state index < -0.39 is 0 Å². The summed E-state index contributed by atoms with van der Waals surface area (Å²) in [5.74, 6) is 1.29. The fraction of sp³-hybridized carbons (Fsp3) is 0.286. The third kappa shape index (κ3) is 2.52. The molecule has 1 aromatic carbocycles. The van der Waals surface area contributed by atoms with Crippen molar-refractivity contribution in [2.24, 2.45) is 5.73 Å². The van der Waals surface area contributed by atoms with Gasteiger partial charge in [-0.2, -0.15) is 0 Å². The van der Waals surface area contributed by atoms with Crippen molar-refractivity contribution in [2.75, 3.05) is 0 Å². The number of nitrogens with two attached hydrogens (primary N) is 1. The molecule has 0 fully saturated rings. The summed E-state index contributed by atoms with van der Waals surface area (Å²) in [6, 6.07) is 14.3. The van der Waals surface area contributed by atoms with Gasteiger partial charge in [0.2, 0.25) is 0 Å². The van der Waals surface area contributed by atoms with E-state index in [-0.39, 0.29) is 6.04 Å². The zero-order chi connectivity index (χ0) is 11.4. The Balaban J connectivity index is 2.02. The molecule has 1 aromatic heterocycles. The maximum Gasteiger partial charge on any atom is 0.105 e. The average Bonchev–Trinajstić information content (AvgIpc) is 2.82. The van der Waals surface area contributed by atoms with Crippen molar-refractivity contribution < 1.29 is 4.42 Å². The van der Waals surface area contributed by atoms with Crippen LogP contribution in [-0.4, -0.2) is 6.04 Å². The van der Waals surface area contributed by atoms with Gasteiger partial charge in [0.1, 0.15) is 5.76 Å². The Morgan fingerprint density at radius 3 is 2.50 bits per heavy atom. The molecule has 2 nitrogen and oxygen atoms in total. The summed E-state index contributed by atoms with van der Waals surface area (Å²) in [5.41, 5.74) is 7.46. The lowest BCUT2D eigenvalue weighted by molar-refractivity contribution is 0.461. The number of hydrogen-bond acceptors (Lipinski definition) is 2. The zero-order valence-electron chi connectivity index (χ0n) is 9.47. The van der Waals surface area contributed by atoms with Gasteiger partial charge in [0, 0.05) is 12.5 Å². The molecule has 2 heteroatoms. The largest absolute Gasteiger partial charge is 0.469 e. The summed E-state index contributed by atoms with van der Waals surface area (Å²) >= 11 is 0. The summed E-state index contributed by atoms with van der Waals surface area (Å²) in [7, 11) is 0. The smallest absolute Gasteiger partial charge is 0.105 e. The number of benzene rings is 1. The van der Waals surface area contributed by atoms with Crippen molar-refractivity contribution in [3.05, 3.63) is 60.1 Å². The minimum absolute atomic E-state index is 0.0912. The van der Waals surface area contributed by atoms with E-state index in [0.717, 1.165) is 12.2 Å². The molecule has 2 N–H and O–H groups in total. The van der Waals surface area contributed by atoms with Crippen LogP contribution < -0.4 is 5.73 Å². The predicted octanol–water partition coefficient (Wildman–Crippen LogP) is 2.95. The first kappa shape index (κ1) is 11.0. The maximum absolute atomic E-state index is 6.18. The minimum atomic E-state index is 0.0912. The van der Waals surface area contributed by atoms with Crippen LogP contribution in [0.5, 0.6) is 0 Å². The van der Waals surface area contributed by atoms with Crippen LogP contribution in [0.2, 0.25) is 0 Å². The topological polar surface area (TPSA) is 39.2 Å². The molecule has 0 saturated heterocycles. The van der Waals surface area contributed by atoms with Gasteiger partial charge in [-0.25, -0.2) is 0 Å². The highest BCUT2D eigenvalue weighted by molar-refractivity contribution is 5.21. The monoisotopic (exact) mass is 215 g/mol. The van der Waals surface area contributed by atoms with Crippen molar-refractivity contribution in [3.8, 4) is 0 Å². The second-order valence-electron chi connectivity index (χ2n) is 4.15. The predicted molar refractivity (Wildman–Crippen MR) is 65.2 cm³/mol. The van der Waals surface area contributed by atoms with Crippen molar-refractivity contribution >= 4 is 0 Å². The molecule has 0 saturated carbocycles. The summed E-state index contributed by atoms with van der Waals surface area (Å²) in [6.45, 7) is 2.16. The summed E-state index contributed by atoms with van der Waals surface area (Å²) < 4.78 is 5.31. The molecule has 2 aromatic rings. The molecule has 1 heterocycles. The van der Waals surface area contributed by atoms with Gasteiger partial charge in [-0.3, -0.25) is 0 Å². The number of rotatable bonds is 4. The molecule has 0 aliphatic rings. The second-order valence-corrected chi connectivity index (χ2v) is 4.15. The normalized spacial score (nSPS) is 14.6. The number of hydrogen-bond donors (Lipinski definition) is 1. The van der Waals surface area contributed by atoms with Gasteiger partial charge in [0.15, 0.2) is 0 Å². The molecule has 16 heavy (non-hydrogen) atoms. The van der Waals surface area contributed by atoms with E-state index >= 15 is 0 Å². The van der Waals surface area contributed by atoms with Gasteiger partial charge in [-0.1, -0.05) is 37.3 Å². The minimum Gasteiger partial charge on any atom is -0.469 e. The van der Waals surface area contributed by atoms with E-state index in [1.165, 1.54) is 5.56 Å². The molecule has 0 aliphatic heterocycles. The van der Waals surface area contributed by atoms with E-state index in [4.69, 9.17) is 10.2 Å². The molecule has 2 unspecified atom stereocenters. The van der Waals surface area contributed by atoms with Crippen LogP contribution in [0.1, 0.15) is 24.2 Å². The Labute approximate surface area is 96.1 Å². The first-order valence-electron chi connectivity index (χ1n) is 5.60. The van der Waals surface area contributed by atoms with Crippen LogP contribution in [-0.2, 0) is 6.42 Å². The molecule has 0 aliphatic carbocycles. The van der Waals surface area contributed by atoms with Crippen LogP contribution in [0.25, 0.3) is 0 Å². The molecular formula is C14H17NO. The van der Waals surface area contributed by atoms with Gasteiger partial charge in [-0.05, 0) is 23.6 Å². The van der Waals surface area contributed by atoms with E-state index in [1.807, 2.05) is 30.3 Å². The van der Waals surface area contributed by atoms with Gasteiger partial charge >= 0.3 is 0 Å². The molecule has 2 rings (SSSR count). The second kappa shape index (κ2) is 4.99. The van der Waals surface area contributed by atoms with Crippen molar-refractivity contribution in [2.45, 2.75) is 25.3 Å². The van der Waals surface area contributed by atoms with E-state index in [1.54, 1.807) is 6.26 Å². The van der Waals surface area contributed by atoms with E-state index in [9.17, 15) is 0 Å². The lowest BCUT2D eigenvalue weighted by Gasteiger charge is -2.19. The standard InChI is InChI=1S/C14H17NO/c1-11(12-6-3-2-4-7-12)14(15)10-13-8-5-9-16-13/h2-9,11,14H,10,15H2,1H3. The van der Waals surface area contributed by atoms with Crippen LogP contribution in [0.15, 0.2) is 53.1 Å². The Kier molecular flexibility index (Phi) is 3.42. The molecular weight excluding hydrogens is 198 g/mol. The van der Waals surface area contributed by atoms with Crippen molar-refractivity contribution in [3.63, 3.8) is 0 Å². The lowest BCUT2D eigenvalue weighted by Crippen LogP contribution is -2.28. The fourth-order valence-corrected chi connectivity index (χ4v) is 1.84. The first-order valence-corrected chi connectivity index (χ1v) is 5.60. The molecule has 0 spiro atoms. The van der Waals surface area contributed by atoms with Crippen LogP contribution >= 0.6 is 0 Å². The fourth-order valence-electron chi connectivity index (χ4n) is 1.84. The Bertz CT molecular complexity index is 408. The van der Waals surface area contributed by atoms with Crippen LogP contribution in [0.3, 0.4) is 0 Å². The average molecular weight is 215 g/mol.